The van der Waals surface area contributed by atoms with Crippen molar-refractivity contribution in [2.45, 2.75) is 85.0 Å². The highest BCUT2D eigenvalue weighted by Crippen LogP contribution is 2.56. The first kappa shape index (κ1) is 47.5. The Morgan fingerprint density at radius 3 is 2.34 bits per heavy atom. The third-order valence-corrected chi connectivity index (χ3v) is 15.7. The molecule has 4 aliphatic heterocycles. The molecule has 5 aliphatic rings. The van der Waals surface area contributed by atoms with Gasteiger partial charge in [0.05, 0.1) is 34.9 Å². The van der Waals surface area contributed by atoms with Crippen LogP contribution in [0.4, 0.5) is 26.2 Å². The van der Waals surface area contributed by atoms with Crippen LogP contribution in [0.25, 0.3) is 11.1 Å². The van der Waals surface area contributed by atoms with Crippen molar-refractivity contribution in [1.82, 2.24) is 49.5 Å². The number of ether oxygens (including phenoxy) is 1. The number of nitriles is 1. The van der Waals surface area contributed by atoms with Crippen molar-refractivity contribution >= 4 is 40.9 Å². The van der Waals surface area contributed by atoms with Crippen LogP contribution in [0, 0.1) is 22.2 Å². The summed E-state index contributed by atoms with van der Waals surface area (Å²) in [7, 11) is 1.78. The molecule has 7 heterocycles. The van der Waals surface area contributed by atoms with E-state index in [2.05, 4.69) is 78.4 Å². The minimum Gasteiger partial charge on any atom is -0.489 e. The maximum Gasteiger partial charge on any atom is 0.264 e. The van der Waals surface area contributed by atoms with Crippen molar-refractivity contribution in [2.24, 2.45) is 17.9 Å². The second kappa shape index (κ2) is 18.5. The van der Waals surface area contributed by atoms with E-state index in [-0.39, 0.29) is 35.6 Å². The van der Waals surface area contributed by atoms with Gasteiger partial charge in [-0.3, -0.25) is 28.8 Å². The second-order valence-electron chi connectivity index (χ2n) is 20.7. The van der Waals surface area contributed by atoms with E-state index in [4.69, 9.17) is 21.4 Å². The molecule has 0 unspecified atom stereocenters. The molecule has 10 rings (SSSR count). The molecular weight excluding hydrogens is 916 g/mol. The number of anilines is 3. The summed E-state index contributed by atoms with van der Waals surface area (Å²) in [6.07, 6.45) is 6.05. The molecular formula is C51H60ClF2N13O3. The molecule has 70 heavy (non-hydrogen) atoms. The van der Waals surface area contributed by atoms with Crippen LogP contribution in [-0.4, -0.2) is 134 Å². The number of piperazine rings is 1. The first-order valence-electron chi connectivity index (χ1n) is 24.3. The van der Waals surface area contributed by atoms with Crippen molar-refractivity contribution in [1.29, 1.82) is 5.26 Å². The van der Waals surface area contributed by atoms with E-state index in [9.17, 15) is 23.6 Å². The molecule has 0 radical (unpaired) electrons. The first-order valence-corrected chi connectivity index (χ1v) is 24.6. The Kier molecular flexibility index (Phi) is 12.6. The van der Waals surface area contributed by atoms with E-state index in [0.717, 1.165) is 93.5 Å². The van der Waals surface area contributed by atoms with E-state index in [1.54, 1.807) is 67.7 Å². The van der Waals surface area contributed by atoms with E-state index in [0.29, 0.717) is 65.0 Å². The van der Waals surface area contributed by atoms with Crippen LogP contribution in [-0.2, 0) is 31.2 Å². The number of amides is 2. The van der Waals surface area contributed by atoms with Crippen LogP contribution in [0.3, 0.4) is 0 Å². The van der Waals surface area contributed by atoms with Gasteiger partial charge in [-0.15, -0.1) is 0 Å². The average Bonchev–Trinajstić information content (AvgIpc) is 3.94. The molecule has 3 aromatic heterocycles. The summed E-state index contributed by atoms with van der Waals surface area (Å²) < 4.78 is 39.7. The lowest BCUT2D eigenvalue weighted by Gasteiger charge is -2.63. The highest BCUT2D eigenvalue weighted by molar-refractivity contribution is 6.31. The largest absolute Gasteiger partial charge is 0.489 e. The number of fused-ring (bicyclic) bond motifs is 2. The summed E-state index contributed by atoms with van der Waals surface area (Å²) in [4.78, 5) is 46.5. The topological polar surface area (TPSA) is 157 Å². The fraction of sp³-hybridized carbons (Fsp3) is 0.510. The smallest absolute Gasteiger partial charge is 0.264 e. The number of aryl methyl sites for hydroxylation is 2. The summed E-state index contributed by atoms with van der Waals surface area (Å²) >= 11 is 6.27. The predicted octanol–water partition coefficient (Wildman–Crippen LogP) is 6.82. The molecule has 1 aliphatic carbocycles. The number of carbonyl (C=O) groups is 2. The Morgan fingerprint density at radius 1 is 0.957 bits per heavy atom. The van der Waals surface area contributed by atoms with Gasteiger partial charge in [0.15, 0.2) is 5.82 Å². The van der Waals surface area contributed by atoms with Crippen LogP contribution >= 0.6 is 11.6 Å². The number of alkyl halides is 2. The van der Waals surface area contributed by atoms with E-state index in [1.165, 1.54) is 0 Å². The molecule has 2 aromatic carbocycles. The molecule has 3 fully saturated rings. The molecule has 5 aromatic rings. The zero-order valence-corrected chi connectivity index (χ0v) is 41.4. The Labute approximate surface area is 412 Å². The summed E-state index contributed by atoms with van der Waals surface area (Å²) in [6.45, 7) is 18.4. The summed E-state index contributed by atoms with van der Waals surface area (Å²) in [5, 5.41) is 22.3. The van der Waals surface area contributed by atoms with Crippen LogP contribution in [0.2, 0.25) is 5.02 Å². The van der Waals surface area contributed by atoms with Crippen LogP contribution in [0.1, 0.15) is 91.8 Å². The van der Waals surface area contributed by atoms with Gasteiger partial charge >= 0.3 is 0 Å². The standard InChI is InChI=1S/C51H60ClF2N13O3/c1-31(68)65-13-11-42-40(30-65)45(66-12-7-8-32-20-38(35-26-58-61(6)27-35)39(44(53)54)22-43(32)66)60-67(42)36-28-63(29-36)15-14-62-16-18-64(19-17-62)49-56-24-34(25-57-49)46(69)59-47-50(2,3)48(51(47,4)5)70-37-10-9-33(23-55)41(52)21-37/h9-10,20-22,24-27,36,44,47-48H,7-8,11-19,28-30H2,1-6H3,(H,59,69). The molecule has 368 valence electrons. The number of hydrogen-bond acceptors (Lipinski definition) is 12. The lowest BCUT2D eigenvalue weighted by Crippen LogP contribution is -2.74. The van der Waals surface area contributed by atoms with Crippen molar-refractivity contribution in [2.75, 3.05) is 75.2 Å². The number of rotatable bonds is 12. The minimum atomic E-state index is -2.66. The lowest BCUT2D eigenvalue weighted by atomic mass is 9.49. The molecule has 2 saturated heterocycles. The number of carbonyl (C=O) groups excluding carboxylic acids is 2. The zero-order chi connectivity index (χ0) is 49.2. The van der Waals surface area contributed by atoms with E-state index in [1.807, 2.05) is 11.0 Å². The molecule has 0 atom stereocenters. The SMILES string of the molecule is CC(=O)N1CCc2c(c(N3CCCc4cc(-c5cnn(C)c5)c(C(F)F)cc43)nn2C2CN(CCN3CCN(c4ncc(C(=O)NC5C(C)(C)C(Oc6ccc(C#N)c(Cl)c6)C5(C)C)cn4)CC3)C2)C1. The number of aromatic nitrogens is 6. The first-order chi connectivity index (χ1) is 33.5. The summed E-state index contributed by atoms with van der Waals surface area (Å²) in [6, 6.07) is 10.7. The fourth-order valence-electron chi connectivity index (χ4n) is 11.8. The molecule has 16 nitrogen and oxygen atoms in total. The maximum atomic E-state index is 14.7. The molecule has 0 bridgehead atoms. The summed E-state index contributed by atoms with van der Waals surface area (Å²) in [5.74, 6) is 1.72. The molecule has 1 saturated carbocycles. The number of likely N-dealkylation sites (tertiary alicyclic amines) is 1. The van der Waals surface area contributed by atoms with Crippen molar-refractivity contribution in [3.8, 4) is 22.9 Å². The average molecular weight is 977 g/mol. The Bertz CT molecular complexity index is 2830. The molecule has 19 heteroatoms. The van der Waals surface area contributed by atoms with Gasteiger partial charge in [-0.1, -0.05) is 39.3 Å². The number of benzene rings is 2. The van der Waals surface area contributed by atoms with Gasteiger partial charge < -0.3 is 24.8 Å². The van der Waals surface area contributed by atoms with Crippen molar-refractivity contribution < 1.29 is 23.1 Å². The lowest BCUT2D eigenvalue weighted by molar-refractivity contribution is -0.164. The Balaban J connectivity index is 0.732. The number of nitrogens with zero attached hydrogens (tertiary/aromatic N) is 12. The van der Waals surface area contributed by atoms with Gasteiger partial charge in [-0.2, -0.15) is 15.5 Å². The quantitative estimate of drug-likeness (QED) is 0.140. The predicted molar refractivity (Wildman–Crippen MR) is 262 cm³/mol. The maximum absolute atomic E-state index is 14.7. The highest BCUT2D eigenvalue weighted by Gasteiger charge is 2.64. The summed E-state index contributed by atoms with van der Waals surface area (Å²) in [5.41, 5.74) is 5.05. The highest BCUT2D eigenvalue weighted by atomic mass is 35.5. The fourth-order valence-corrected chi connectivity index (χ4v) is 12.0. The van der Waals surface area contributed by atoms with E-state index < -0.39 is 17.3 Å². The van der Waals surface area contributed by atoms with Crippen molar-refractivity contribution in [3.63, 3.8) is 0 Å². The van der Waals surface area contributed by atoms with Crippen LogP contribution in [0.5, 0.6) is 5.75 Å². The number of hydrogen-bond donors (Lipinski definition) is 1. The van der Waals surface area contributed by atoms with Gasteiger partial charge in [0, 0.05) is 155 Å². The van der Waals surface area contributed by atoms with E-state index >= 15 is 0 Å². The molecule has 2 amide bonds. The zero-order valence-electron chi connectivity index (χ0n) is 40.6. The van der Waals surface area contributed by atoms with Gasteiger partial charge in [0.2, 0.25) is 11.9 Å². The third-order valence-electron chi connectivity index (χ3n) is 15.4. The monoisotopic (exact) mass is 975 g/mol. The van der Waals surface area contributed by atoms with Crippen LogP contribution in [0.15, 0.2) is 55.1 Å². The van der Waals surface area contributed by atoms with Gasteiger partial charge in [0.1, 0.15) is 17.9 Å². The Hall–Kier alpha value is -6.16. The van der Waals surface area contributed by atoms with Crippen LogP contribution < -0.4 is 19.9 Å². The molecule has 1 N–H and O–H groups in total. The third kappa shape index (κ3) is 8.74. The van der Waals surface area contributed by atoms with Crippen molar-refractivity contribution in [3.05, 3.63) is 93.7 Å². The normalized spacial score (nSPS) is 21.1. The molecule has 0 spiro atoms. The number of nitrogens with one attached hydrogen (secondary N) is 1. The number of halogens is 3. The van der Waals surface area contributed by atoms with Gasteiger partial charge in [0.25, 0.3) is 12.3 Å². The van der Waals surface area contributed by atoms with Gasteiger partial charge in [-0.05, 0) is 48.2 Å². The Morgan fingerprint density at radius 2 is 1.69 bits per heavy atom. The van der Waals surface area contributed by atoms with Gasteiger partial charge in [-0.25, -0.2) is 18.7 Å². The minimum absolute atomic E-state index is 0.0132. The second-order valence-corrected chi connectivity index (χ2v) is 21.1.